The van der Waals surface area contributed by atoms with Crippen LogP contribution in [0.1, 0.15) is 96.7 Å². The first kappa shape index (κ1) is 43.9. The standard InChI is InChI=1S/C47H61ClN12O4/c1-54(2)46(64)39-28-33-29-50-47(53-43(33)60(39)34-9-5-6-10-34)51-40-15-12-35(30-49-40)57-24-20-55(21-25-57)18-19-56-22-26-58(27-23-56)38-14-13-36-37(42(38)48)31-59(45(36)63)17-7-3-4-8-32-11-16-41(61)52-44(32)62/h12-15,28-30,32,34H,3-11,16-27,31H2,1-2H3,(H,52,61,62)(H,49,50,51,53). The van der Waals surface area contributed by atoms with E-state index in [4.69, 9.17) is 21.6 Å². The molecule has 1 atom stereocenters. The Morgan fingerprint density at radius 3 is 2.27 bits per heavy atom. The molecule has 2 N–H and O–H groups in total. The smallest absolute Gasteiger partial charge is 0.270 e. The second kappa shape index (κ2) is 19.4. The van der Waals surface area contributed by atoms with Crippen molar-refractivity contribution in [2.75, 3.05) is 101 Å². The van der Waals surface area contributed by atoms with Gasteiger partial charge in [-0.3, -0.25) is 34.3 Å². The van der Waals surface area contributed by atoms with Crippen molar-refractivity contribution in [3.8, 4) is 0 Å². The summed E-state index contributed by atoms with van der Waals surface area (Å²) in [4.78, 5) is 77.4. The number of fused-ring (bicyclic) bond motifs is 2. The Morgan fingerprint density at radius 2 is 1.58 bits per heavy atom. The number of imide groups is 1. The highest BCUT2D eigenvalue weighted by Gasteiger charge is 2.32. The van der Waals surface area contributed by atoms with Crippen LogP contribution >= 0.6 is 11.6 Å². The number of hydrogen-bond acceptors (Lipinski definition) is 12. The Labute approximate surface area is 380 Å². The summed E-state index contributed by atoms with van der Waals surface area (Å²) in [7, 11) is 3.57. The summed E-state index contributed by atoms with van der Waals surface area (Å²) in [5.74, 6) is 0.760. The molecule has 340 valence electrons. The molecule has 17 heteroatoms. The summed E-state index contributed by atoms with van der Waals surface area (Å²) in [5.41, 5.74) is 5.20. The average molecular weight is 894 g/mol. The summed E-state index contributed by atoms with van der Waals surface area (Å²) >= 11 is 7.04. The number of hydrogen-bond donors (Lipinski definition) is 2. The van der Waals surface area contributed by atoms with Crippen molar-refractivity contribution in [2.24, 2.45) is 5.92 Å². The molecule has 16 nitrogen and oxygen atoms in total. The van der Waals surface area contributed by atoms with Crippen LogP contribution in [-0.2, 0) is 16.1 Å². The Bertz CT molecular complexity index is 2350. The summed E-state index contributed by atoms with van der Waals surface area (Å²) in [6.07, 6.45) is 12.6. The number of benzene rings is 1. The fourth-order valence-electron chi connectivity index (χ4n) is 10.2. The lowest BCUT2D eigenvalue weighted by Crippen LogP contribution is -2.51. The maximum absolute atomic E-state index is 13.3. The molecule has 1 aliphatic carbocycles. The number of nitrogens with zero attached hydrogens (tertiary/aromatic N) is 10. The van der Waals surface area contributed by atoms with Crippen molar-refractivity contribution in [1.29, 1.82) is 0 Å². The van der Waals surface area contributed by atoms with Gasteiger partial charge in [0.15, 0.2) is 0 Å². The Morgan fingerprint density at radius 1 is 0.844 bits per heavy atom. The van der Waals surface area contributed by atoms with Crippen molar-refractivity contribution in [2.45, 2.75) is 76.8 Å². The van der Waals surface area contributed by atoms with Gasteiger partial charge in [0.2, 0.25) is 17.8 Å². The van der Waals surface area contributed by atoms with Crippen molar-refractivity contribution in [1.82, 2.24) is 44.4 Å². The first-order valence-corrected chi connectivity index (χ1v) is 23.7. The van der Waals surface area contributed by atoms with Crippen LogP contribution in [0.15, 0.2) is 42.7 Å². The zero-order valence-corrected chi connectivity index (χ0v) is 38.0. The van der Waals surface area contributed by atoms with Crippen LogP contribution in [0.4, 0.5) is 23.1 Å². The van der Waals surface area contributed by atoms with E-state index < -0.39 is 0 Å². The third-order valence-electron chi connectivity index (χ3n) is 14.0. The molecule has 4 aliphatic heterocycles. The van der Waals surface area contributed by atoms with Gasteiger partial charge >= 0.3 is 0 Å². The number of carbonyl (C=O) groups is 4. The Hall–Kier alpha value is -5.32. The van der Waals surface area contributed by atoms with E-state index in [-0.39, 0.29) is 35.6 Å². The van der Waals surface area contributed by atoms with Crippen LogP contribution in [0.5, 0.6) is 0 Å². The molecular weight excluding hydrogens is 832 g/mol. The lowest BCUT2D eigenvalue weighted by atomic mass is 9.92. The quantitative estimate of drug-likeness (QED) is 0.114. The fourth-order valence-corrected chi connectivity index (χ4v) is 10.5. The molecule has 1 saturated carbocycles. The van der Waals surface area contributed by atoms with Crippen LogP contribution in [0.3, 0.4) is 0 Å². The van der Waals surface area contributed by atoms with E-state index in [0.29, 0.717) is 54.0 Å². The van der Waals surface area contributed by atoms with Gasteiger partial charge in [-0.2, -0.15) is 4.98 Å². The van der Waals surface area contributed by atoms with Gasteiger partial charge in [-0.25, -0.2) is 9.97 Å². The largest absolute Gasteiger partial charge is 0.368 e. The molecule has 3 saturated heterocycles. The highest BCUT2D eigenvalue weighted by atomic mass is 35.5. The van der Waals surface area contributed by atoms with Gasteiger partial charge in [0.25, 0.3) is 11.8 Å². The molecule has 1 unspecified atom stereocenters. The fraction of sp³-hybridized carbons (Fsp3) is 0.553. The third kappa shape index (κ3) is 9.55. The number of unbranched alkanes of at least 4 members (excludes halogenated alkanes) is 2. The molecule has 5 aliphatic rings. The number of aromatic nitrogens is 4. The van der Waals surface area contributed by atoms with E-state index in [2.05, 4.69) is 45.9 Å². The highest BCUT2D eigenvalue weighted by molar-refractivity contribution is 6.35. The van der Waals surface area contributed by atoms with E-state index in [1.807, 2.05) is 35.4 Å². The molecular formula is C47H61ClN12O4. The molecule has 3 aromatic heterocycles. The van der Waals surface area contributed by atoms with Gasteiger partial charge in [-0.1, -0.05) is 37.3 Å². The number of carbonyl (C=O) groups excluding carboxylic acids is 4. The Kier molecular flexibility index (Phi) is 13.3. The topological polar surface area (TPSA) is 155 Å². The molecule has 0 radical (unpaired) electrons. The van der Waals surface area contributed by atoms with Crippen LogP contribution in [0.25, 0.3) is 11.0 Å². The van der Waals surface area contributed by atoms with E-state index >= 15 is 0 Å². The van der Waals surface area contributed by atoms with Crippen LogP contribution in [-0.4, -0.2) is 149 Å². The molecule has 4 aromatic rings. The first-order chi connectivity index (χ1) is 31.1. The highest BCUT2D eigenvalue weighted by Crippen LogP contribution is 2.38. The van der Waals surface area contributed by atoms with Gasteiger partial charge in [-0.15, -0.1) is 0 Å². The lowest BCUT2D eigenvalue weighted by Gasteiger charge is -2.39. The Balaban J connectivity index is 0.700. The van der Waals surface area contributed by atoms with Gasteiger partial charge in [0, 0.05) is 134 Å². The van der Waals surface area contributed by atoms with Gasteiger partial charge in [0.05, 0.1) is 22.6 Å². The maximum Gasteiger partial charge on any atom is 0.270 e. The number of rotatable bonds is 15. The monoisotopic (exact) mass is 892 g/mol. The molecule has 4 amide bonds. The second-order valence-corrected chi connectivity index (χ2v) is 18.7. The maximum atomic E-state index is 13.3. The van der Waals surface area contributed by atoms with Crippen LogP contribution in [0, 0.1) is 5.92 Å². The van der Waals surface area contributed by atoms with Crippen molar-refractivity contribution < 1.29 is 19.2 Å². The van der Waals surface area contributed by atoms with Gasteiger partial charge < -0.3 is 29.5 Å². The number of nitrogens with one attached hydrogen (secondary N) is 2. The lowest BCUT2D eigenvalue weighted by molar-refractivity contribution is -0.136. The SMILES string of the molecule is CN(C)C(=O)c1cc2cnc(Nc3ccc(N4CCN(CCN5CCN(c6ccc7c(c6Cl)CN(CCCCCC6CCC(=O)NC6=O)C7=O)CC5)CC4)cn3)nc2n1C1CCCC1. The number of piperidine rings is 1. The van der Waals surface area contributed by atoms with Crippen molar-refractivity contribution >= 4 is 69.4 Å². The number of anilines is 4. The molecule has 4 fully saturated rings. The zero-order chi connectivity index (χ0) is 44.3. The first-order valence-electron chi connectivity index (χ1n) is 23.3. The minimum atomic E-state index is -0.174. The zero-order valence-electron chi connectivity index (χ0n) is 37.2. The molecule has 64 heavy (non-hydrogen) atoms. The van der Waals surface area contributed by atoms with E-state index in [1.54, 1.807) is 25.2 Å². The minimum Gasteiger partial charge on any atom is -0.368 e. The number of amides is 4. The molecule has 9 rings (SSSR count). The molecule has 0 bridgehead atoms. The van der Waals surface area contributed by atoms with Gasteiger partial charge in [-0.05, 0) is 62.4 Å². The number of pyridine rings is 1. The van der Waals surface area contributed by atoms with E-state index in [9.17, 15) is 19.2 Å². The summed E-state index contributed by atoms with van der Waals surface area (Å²) < 4.78 is 2.13. The third-order valence-corrected chi connectivity index (χ3v) is 14.4. The minimum absolute atomic E-state index is 0.0224. The normalized spacial score (nSPS) is 20.1. The number of halogens is 1. The predicted molar refractivity (Wildman–Crippen MR) is 248 cm³/mol. The van der Waals surface area contributed by atoms with Crippen LogP contribution < -0.4 is 20.4 Å². The number of piperazine rings is 2. The van der Waals surface area contributed by atoms with E-state index in [0.717, 1.165) is 145 Å². The van der Waals surface area contributed by atoms with Crippen molar-refractivity contribution in [3.05, 3.63) is 64.6 Å². The summed E-state index contributed by atoms with van der Waals surface area (Å²) in [6.45, 7) is 10.8. The molecule has 7 heterocycles. The predicted octanol–water partition coefficient (Wildman–Crippen LogP) is 5.55. The molecule has 1 aromatic carbocycles. The van der Waals surface area contributed by atoms with Crippen LogP contribution in [0.2, 0.25) is 5.02 Å². The van der Waals surface area contributed by atoms with Crippen molar-refractivity contribution in [3.63, 3.8) is 0 Å². The summed E-state index contributed by atoms with van der Waals surface area (Å²) in [6, 6.07) is 10.2. The second-order valence-electron chi connectivity index (χ2n) is 18.3. The molecule has 0 spiro atoms. The average Bonchev–Trinajstić information content (AvgIpc) is 4.05. The summed E-state index contributed by atoms with van der Waals surface area (Å²) in [5, 5.41) is 7.30. The van der Waals surface area contributed by atoms with E-state index in [1.165, 1.54) is 0 Å². The van der Waals surface area contributed by atoms with Gasteiger partial charge in [0.1, 0.15) is 17.2 Å².